The fraction of sp³-hybridized carbons (Fsp3) is 0.647. The van der Waals surface area contributed by atoms with Gasteiger partial charge >= 0.3 is 0 Å². The molecular formula is C17H29N. The van der Waals surface area contributed by atoms with Gasteiger partial charge in [-0.15, -0.1) is 0 Å². The van der Waals surface area contributed by atoms with Crippen LogP contribution in [0.1, 0.15) is 73.7 Å². The van der Waals surface area contributed by atoms with Crippen molar-refractivity contribution in [2.24, 2.45) is 5.73 Å². The lowest BCUT2D eigenvalue weighted by Gasteiger charge is -2.18. The Bertz CT molecular complexity index is 345. The molecule has 1 atom stereocenters. The van der Waals surface area contributed by atoms with E-state index in [1.165, 1.54) is 54.4 Å². The summed E-state index contributed by atoms with van der Waals surface area (Å²) >= 11 is 0. The lowest BCUT2D eigenvalue weighted by molar-refractivity contribution is 0.552. The highest BCUT2D eigenvalue weighted by atomic mass is 14.6. The maximum absolute atomic E-state index is 6.36. The van der Waals surface area contributed by atoms with Crippen molar-refractivity contribution < 1.29 is 0 Å². The zero-order valence-electron chi connectivity index (χ0n) is 12.6. The van der Waals surface area contributed by atoms with E-state index in [1.54, 1.807) is 0 Å². The number of benzene rings is 1. The molecule has 0 heterocycles. The number of rotatable bonds is 7. The van der Waals surface area contributed by atoms with Crippen molar-refractivity contribution in [3.05, 3.63) is 34.4 Å². The van der Waals surface area contributed by atoms with E-state index in [1.807, 2.05) is 0 Å². The fourth-order valence-electron chi connectivity index (χ4n) is 2.89. The molecule has 0 bridgehead atoms. The van der Waals surface area contributed by atoms with E-state index in [0.29, 0.717) is 0 Å². The second-order valence-electron chi connectivity index (χ2n) is 5.62. The van der Waals surface area contributed by atoms with Crippen LogP contribution < -0.4 is 5.73 Å². The van der Waals surface area contributed by atoms with E-state index in [-0.39, 0.29) is 6.04 Å². The lowest BCUT2D eigenvalue weighted by Crippen LogP contribution is -2.13. The first-order chi connectivity index (χ1) is 8.56. The van der Waals surface area contributed by atoms with E-state index >= 15 is 0 Å². The van der Waals surface area contributed by atoms with Crippen LogP contribution in [0.25, 0.3) is 0 Å². The number of aryl methyl sites for hydroxylation is 3. The van der Waals surface area contributed by atoms with Gasteiger partial charge in [-0.2, -0.15) is 0 Å². The molecule has 0 radical (unpaired) electrons. The predicted molar refractivity (Wildman–Crippen MR) is 81.0 cm³/mol. The minimum Gasteiger partial charge on any atom is -0.324 e. The predicted octanol–water partition coefficient (Wildman–Crippen LogP) is 4.97. The molecule has 0 saturated carbocycles. The molecule has 0 saturated heterocycles. The largest absolute Gasteiger partial charge is 0.324 e. The summed E-state index contributed by atoms with van der Waals surface area (Å²) < 4.78 is 0. The second-order valence-corrected chi connectivity index (χ2v) is 5.62. The van der Waals surface area contributed by atoms with Gasteiger partial charge in [0, 0.05) is 6.04 Å². The summed E-state index contributed by atoms with van der Waals surface area (Å²) in [5, 5.41) is 0. The minimum atomic E-state index is 0.215. The lowest BCUT2D eigenvalue weighted by atomic mass is 9.91. The van der Waals surface area contributed by atoms with Gasteiger partial charge in [0.15, 0.2) is 0 Å². The molecule has 1 rings (SSSR count). The third kappa shape index (κ3) is 4.45. The molecule has 102 valence electrons. The molecule has 1 aromatic rings. The van der Waals surface area contributed by atoms with E-state index < -0.39 is 0 Å². The molecule has 0 aromatic heterocycles. The monoisotopic (exact) mass is 247 g/mol. The Labute approximate surface area is 113 Å². The Hall–Kier alpha value is -0.820. The molecule has 1 aromatic carbocycles. The average molecular weight is 247 g/mol. The van der Waals surface area contributed by atoms with Gasteiger partial charge in [-0.25, -0.2) is 0 Å². The molecule has 0 aliphatic carbocycles. The number of hydrogen-bond acceptors (Lipinski definition) is 1. The first-order valence-corrected chi connectivity index (χ1v) is 7.39. The first-order valence-electron chi connectivity index (χ1n) is 7.39. The highest BCUT2D eigenvalue weighted by Crippen LogP contribution is 2.25. The van der Waals surface area contributed by atoms with Crippen molar-refractivity contribution in [2.75, 3.05) is 0 Å². The summed E-state index contributed by atoms with van der Waals surface area (Å²) in [6, 6.07) is 4.71. The standard InChI is InChI=1S/C17H29N/c1-5-6-7-8-9-10-16(18)17-14(3)11-13(2)12-15(17)4/h11-12,16H,5-10,18H2,1-4H3. The topological polar surface area (TPSA) is 26.0 Å². The summed E-state index contributed by atoms with van der Waals surface area (Å²) in [6.07, 6.45) is 7.73. The van der Waals surface area contributed by atoms with Crippen molar-refractivity contribution >= 4 is 0 Å². The van der Waals surface area contributed by atoms with Crippen LogP contribution in [0.3, 0.4) is 0 Å². The maximum atomic E-state index is 6.36. The van der Waals surface area contributed by atoms with Crippen LogP contribution in [-0.2, 0) is 0 Å². The summed E-state index contributed by atoms with van der Waals surface area (Å²) in [6.45, 7) is 8.78. The summed E-state index contributed by atoms with van der Waals surface area (Å²) in [5.41, 5.74) is 11.8. The summed E-state index contributed by atoms with van der Waals surface area (Å²) in [7, 11) is 0. The Morgan fingerprint density at radius 2 is 1.50 bits per heavy atom. The van der Waals surface area contributed by atoms with Gasteiger partial charge in [-0.1, -0.05) is 56.7 Å². The Morgan fingerprint density at radius 3 is 2.06 bits per heavy atom. The van der Waals surface area contributed by atoms with Crippen LogP contribution in [-0.4, -0.2) is 0 Å². The Morgan fingerprint density at radius 1 is 0.944 bits per heavy atom. The van der Waals surface area contributed by atoms with Crippen molar-refractivity contribution in [1.29, 1.82) is 0 Å². The van der Waals surface area contributed by atoms with Crippen LogP contribution in [0, 0.1) is 20.8 Å². The molecule has 1 nitrogen and oxygen atoms in total. The SMILES string of the molecule is CCCCCCCC(N)c1c(C)cc(C)cc1C. The van der Waals surface area contributed by atoms with E-state index in [4.69, 9.17) is 5.73 Å². The van der Waals surface area contributed by atoms with Gasteiger partial charge in [0.25, 0.3) is 0 Å². The van der Waals surface area contributed by atoms with Crippen LogP contribution in [0.5, 0.6) is 0 Å². The van der Waals surface area contributed by atoms with Crippen molar-refractivity contribution in [1.82, 2.24) is 0 Å². The molecule has 0 amide bonds. The third-order valence-electron chi connectivity index (χ3n) is 3.73. The molecule has 0 aliphatic rings. The molecule has 0 aliphatic heterocycles. The zero-order valence-corrected chi connectivity index (χ0v) is 12.6. The van der Waals surface area contributed by atoms with Gasteiger partial charge in [-0.3, -0.25) is 0 Å². The molecule has 1 unspecified atom stereocenters. The summed E-state index contributed by atoms with van der Waals surface area (Å²) in [4.78, 5) is 0. The zero-order chi connectivity index (χ0) is 13.5. The molecule has 0 fully saturated rings. The maximum Gasteiger partial charge on any atom is 0.0300 e. The van der Waals surface area contributed by atoms with E-state index in [2.05, 4.69) is 39.8 Å². The van der Waals surface area contributed by atoms with Gasteiger partial charge in [-0.05, 0) is 43.9 Å². The molecule has 1 heteroatoms. The average Bonchev–Trinajstić information content (AvgIpc) is 2.27. The number of hydrogen-bond donors (Lipinski definition) is 1. The number of nitrogens with two attached hydrogens (primary N) is 1. The van der Waals surface area contributed by atoms with Crippen LogP contribution >= 0.6 is 0 Å². The quantitative estimate of drug-likeness (QED) is 0.676. The van der Waals surface area contributed by atoms with Crippen molar-refractivity contribution in [3.63, 3.8) is 0 Å². The van der Waals surface area contributed by atoms with Gasteiger partial charge in [0.2, 0.25) is 0 Å². The normalized spacial score (nSPS) is 12.7. The van der Waals surface area contributed by atoms with Crippen LogP contribution in [0.15, 0.2) is 12.1 Å². The minimum absolute atomic E-state index is 0.215. The van der Waals surface area contributed by atoms with E-state index in [9.17, 15) is 0 Å². The van der Waals surface area contributed by atoms with Crippen LogP contribution in [0.4, 0.5) is 0 Å². The van der Waals surface area contributed by atoms with E-state index in [0.717, 1.165) is 6.42 Å². The van der Waals surface area contributed by atoms with Gasteiger partial charge in [0.05, 0.1) is 0 Å². The smallest absolute Gasteiger partial charge is 0.0300 e. The third-order valence-corrected chi connectivity index (χ3v) is 3.73. The summed E-state index contributed by atoms with van der Waals surface area (Å²) in [5.74, 6) is 0. The first kappa shape index (κ1) is 15.2. The Balaban J connectivity index is 2.53. The van der Waals surface area contributed by atoms with Crippen LogP contribution in [0.2, 0.25) is 0 Å². The van der Waals surface area contributed by atoms with Crippen molar-refractivity contribution in [2.45, 2.75) is 72.3 Å². The molecule has 0 spiro atoms. The van der Waals surface area contributed by atoms with Crippen molar-refractivity contribution in [3.8, 4) is 0 Å². The molecule has 2 N–H and O–H groups in total. The van der Waals surface area contributed by atoms with Gasteiger partial charge in [0.1, 0.15) is 0 Å². The molecule has 18 heavy (non-hydrogen) atoms. The molecular weight excluding hydrogens is 218 g/mol. The fourth-order valence-corrected chi connectivity index (χ4v) is 2.89. The second kappa shape index (κ2) is 7.58. The number of unbranched alkanes of at least 4 members (excludes halogenated alkanes) is 4. The highest BCUT2D eigenvalue weighted by molar-refractivity contribution is 5.39. The van der Waals surface area contributed by atoms with Gasteiger partial charge < -0.3 is 5.73 Å². The Kier molecular flexibility index (Phi) is 6.42. The highest BCUT2D eigenvalue weighted by Gasteiger charge is 2.11.